The van der Waals surface area contributed by atoms with E-state index < -0.39 is 20.3 Å². The summed E-state index contributed by atoms with van der Waals surface area (Å²) < 4.78 is 25.7. The Kier molecular flexibility index (Phi) is 3.71. The van der Waals surface area contributed by atoms with E-state index in [1.807, 2.05) is 0 Å². The number of aromatic amines is 1. The molecule has 23 heavy (non-hydrogen) atoms. The Bertz CT molecular complexity index is 998. The molecule has 0 amide bonds. The molecule has 0 unspecified atom stereocenters. The van der Waals surface area contributed by atoms with Crippen LogP contribution in [0.25, 0.3) is 11.3 Å². The van der Waals surface area contributed by atoms with E-state index in [9.17, 15) is 13.2 Å². The summed E-state index contributed by atoms with van der Waals surface area (Å²) in [5, 5.41) is 0. The van der Waals surface area contributed by atoms with Crippen molar-refractivity contribution in [1.29, 1.82) is 0 Å². The molecule has 0 saturated carbocycles. The maximum absolute atomic E-state index is 12.9. The first-order valence-corrected chi connectivity index (χ1v) is 8.24. The summed E-state index contributed by atoms with van der Waals surface area (Å²) in [6.07, 6.45) is 0. The Hall–Kier alpha value is -2.93. The molecule has 1 heterocycles. The van der Waals surface area contributed by atoms with Crippen molar-refractivity contribution in [3.8, 4) is 11.3 Å². The lowest BCUT2D eigenvalue weighted by Gasteiger charge is -2.10. The van der Waals surface area contributed by atoms with E-state index in [1.165, 1.54) is 12.1 Å². The highest BCUT2D eigenvalue weighted by Gasteiger charge is 2.27. The molecule has 3 aromatic rings. The highest BCUT2D eigenvalue weighted by molar-refractivity contribution is 7.91. The van der Waals surface area contributed by atoms with Gasteiger partial charge in [0.2, 0.25) is 15.8 Å². The van der Waals surface area contributed by atoms with Gasteiger partial charge in [-0.3, -0.25) is 9.78 Å². The van der Waals surface area contributed by atoms with Crippen molar-refractivity contribution in [2.75, 3.05) is 5.73 Å². The molecule has 0 atom stereocenters. The van der Waals surface area contributed by atoms with Crippen LogP contribution in [0.2, 0.25) is 0 Å². The number of hydrogen-bond acceptors (Lipinski definition) is 5. The normalized spacial score (nSPS) is 11.3. The smallest absolute Gasteiger partial charge is 0.272 e. The van der Waals surface area contributed by atoms with Crippen LogP contribution in [0.5, 0.6) is 0 Å². The fourth-order valence-electron chi connectivity index (χ4n) is 2.24. The minimum absolute atomic E-state index is 0.0225. The molecule has 0 bridgehead atoms. The lowest BCUT2D eigenvalue weighted by Crippen LogP contribution is -2.22. The topological polar surface area (TPSA) is 106 Å². The van der Waals surface area contributed by atoms with Crippen LogP contribution in [0.3, 0.4) is 0 Å². The van der Waals surface area contributed by atoms with E-state index in [2.05, 4.69) is 9.97 Å². The number of nitrogens with one attached hydrogen (secondary N) is 1. The van der Waals surface area contributed by atoms with Gasteiger partial charge in [-0.1, -0.05) is 48.5 Å². The third kappa shape index (κ3) is 2.74. The van der Waals surface area contributed by atoms with Crippen LogP contribution in [-0.2, 0) is 9.84 Å². The molecule has 0 aliphatic heterocycles. The maximum atomic E-state index is 12.9. The number of nitrogen functional groups attached to an aromatic ring is 1. The second kappa shape index (κ2) is 5.69. The molecule has 1 aromatic heterocycles. The number of sulfone groups is 1. The Balaban J connectivity index is 2.35. The number of nitrogens with zero attached hydrogens (tertiary/aromatic N) is 1. The van der Waals surface area contributed by atoms with Gasteiger partial charge in [0.15, 0.2) is 4.90 Å². The Labute approximate surface area is 132 Å². The molecule has 0 fully saturated rings. The summed E-state index contributed by atoms with van der Waals surface area (Å²) in [6.45, 7) is 0. The van der Waals surface area contributed by atoms with Crippen LogP contribution in [0.15, 0.2) is 75.2 Å². The fourth-order valence-corrected chi connectivity index (χ4v) is 3.70. The predicted molar refractivity (Wildman–Crippen MR) is 86.6 cm³/mol. The van der Waals surface area contributed by atoms with Crippen LogP contribution in [0.4, 0.5) is 5.95 Å². The van der Waals surface area contributed by atoms with Gasteiger partial charge in [-0.2, -0.15) is 0 Å². The largest absolute Gasteiger partial charge is 0.369 e. The molecular formula is C16H13N3O3S. The highest BCUT2D eigenvalue weighted by atomic mass is 32.2. The van der Waals surface area contributed by atoms with Crippen molar-refractivity contribution in [3.05, 3.63) is 71.0 Å². The standard InChI is InChI=1S/C16H13N3O3S/c17-16-18-13(11-7-3-1-4-8-11)14(15(20)19-16)23(21,22)12-9-5-2-6-10-12/h1-10H,(H3,17,18,19,20). The van der Waals surface area contributed by atoms with Gasteiger partial charge in [0, 0.05) is 5.56 Å². The maximum Gasteiger partial charge on any atom is 0.272 e. The molecule has 0 spiro atoms. The van der Waals surface area contributed by atoms with Crippen molar-refractivity contribution >= 4 is 15.8 Å². The second-order valence-electron chi connectivity index (χ2n) is 4.81. The molecule has 116 valence electrons. The van der Waals surface area contributed by atoms with E-state index in [1.54, 1.807) is 48.5 Å². The molecule has 0 aliphatic carbocycles. The summed E-state index contributed by atoms with van der Waals surface area (Å²) in [6, 6.07) is 16.3. The minimum Gasteiger partial charge on any atom is -0.369 e. The number of H-pyrrole nitrogens is 1. The van der Waals surface area contributed by atoms with Gasteiger partial charge in [-0.05, 0) is 12.1 Å². The molecule has 3 rings (SSSR count). The first kappa shape index (κ1) is 15.0. The van der Waals surface area contributed by atoms with Gasteiger partial charge in [-0.15, -0.1) is 0 Å². The van der Waals surface area contributed by atoms with Gasteiger partial charge in [0.1, 0.15) is 0 Å². The fraction of sp³-hybridized carbons (Fsp3) is 0. The molecular weight excluding hydrogens is 314 g/mol. The van der Waals surface area contributed by atoms with Crippen molar-refractivity contribution in [2.24, 2.45) is 0 Å². The minimum atomic E-state index is -4.03. The summed E-state index contributed by atoms with van der Waals surface area (Å²) in [7, 11) is -4.03. The van der Waals surface area contributed by atoms with E-state index >= 15 is 0 Å². The predicted octanol–water partition coefficient (Wildman–Crippen LogP) is 1.85. The van der Waals surface area contributed by atoms with Gasteiger partial charge in [0.05, 0.1) is 10.6 Å². The number of rotatable bonds is 3. The highest BCUT2D eigenvalue weighted by Crippen LogP contribution is 2.27. The Morgan fingerprint density at radius 3 is 2.09 bits per heavy atom. The van der Waals surface area contributed by atoms with E-state index in [0.717, 1.165) is 0 Å². The second-order valence-corrected chi connectivity index (χ2v) is 6.70. The molecule has 0 radical (unpaired) electrons. The summed E-state index contributed by atoms with van der Waals surface area (Å²) in [5.74, 6) is -0.138. The van der Waals surface area contributed by atoms with Crippen LogP contribution in [0, 0.1) is 0 Å². The monoisotopic (exact) mass is 327 g/mol. The van der Waals surface area contributed by atoms with Gasteiger partial charge >= 0.3 is 0 Å². The SMILES string of the molecule is Nc1nc(-c2ccccc2)c(S(=O)(=O)c2ccccc2)c(=O)[nH]1. The lowest BCUT2D eigenvalue weighted by atomic mass is 10.1. The molecule has 3 N–H and O–H groups in total. The number of benzene rings is 2. The van der Waals surface area contributed by atoms with Gasteiger partial charge in [-0.25, -0.2) is 13.4 Å². The van der Waals surface area contributed by atoms with Crippen molar-refractivity contribution in [3.63, 3.8) is 0 Å². The third-order valence-electron chi connectivity index (χ3n) is 3.26. The Morgan fingerprint density at radius 1 is 0.913 bits per heavy atom. The van der Waals surface area contributed by atoms with Crippen molar-refractivity contribution < 1.29 is 8.42 Å². The number of anilines is 1. The Morgan fingerprint density at radius 2 is 1.48 bits per heavy atom. The van der Waals surface area contributed by atoms with Gasteiger partial charge in [0.25, 0.3) is 5.56 Å². The molecule has 6 nitrogen and oxygen atoms in total. The van der Waals surface area contributed by atoms with Crippen LogP contribution in [-0.4, -0.2) is 18.4 Å². The summed E-state index contributed by atoms with van der Waals surface area (Å²) >= 11 is 0. The molecule has 0 saturated heterocycles. The van der Waals surface area contributed by atoms with Crippen molar-refractivity contribution in [2.45, 2.75) is 9.79 Å². The summed E-state index contributed by atoms with van der Waals surface area (Å²) in [4.78, 5) is 18.2. The average Bonchev–Trinajstić information content (AvgIpc) is 2.55. The quantitative estimate of drug-likeness (QED) is 0.763. The zero-order chi connectivity index (χ0) is 16.4. The first-order chi connectivity index (χ1) is 11.0. The van der Waals surface area contributed by atoms with Crippen LogP contribution >= 0.6 is 0 Å². The number of nitrogens with two attached hydrogens (primary N) is 1. The van der Waals surface area contributed by atoms with E-state index in [-0.39, 0.29) is 16.5 Å². The van der Waals surface area contributed by atoms with E-state index in [4.69, 9.17) is 5.73 Å². The van der Waals surface area contributed by atoms with Gasteiger partial charge < -0.3 is 5.73 Å². The number of hydrogen-bond donors (Lipinski definition) is 2. The lowest BCUT2D eigenvalue weighted by molar-refractivity contribution is 0.594. The molecule has 7 heteroatoms. The third-order valence-corrected chi connectivity index (χ3v) is 5.07. The summed E-state index contributed by atoms with van der Waals surface area (Å²) in [5.41, 5.74) is 5.33. The zero-order valence-corrected chi connectivity index (χ0v) is 12.7. The number of aromatic nitrogens is 2. The zero-order valence-electron chi connectivity index (χ0n) is 11.9. The first-order valence-electron chi connectivity index (χ1n) is 6.75. The average molecular weight is 327 g/mol. The van der Waals surface area contributed by atoms with E-state index in [0.29, 0.717) is 5.56 Å². The molecule has 0 aliphatic rings. The van der Waals surface area contributed by atoms with Crippen molar-refractivity contribution in [1.82, 2.24) is 9.97 Å². The molecule has 2 aromatic carbocycles. The van der Waals surface area contributed by atoms with Crippen LogP contribution < -0.4 is 11.3 Å². The van der Waals surface area contributed by atoms with Crippen LogP contribution in [0.1, 0.15) is 0 Å².